The average Bonchev–Trinajstić information content (AvgIpc) is 3.24. The molecule has 0 unspecified atom stereocenters. The summed E-state index contributed by atoms with van der Waals surface area (Å²) in [7, 11) is 0. The molecule has 9 heteroatoms. The molecule has 0 aliphatic carbocycles. The smallest absolute Gasteiger partial charge is 0.406 e. The summed E-state index contributed by atoms with van der Waals surface area (Å²) in [5.74, 6) is -0.255. The van der Waals surface area contributed by atoms with Gasteiger partial charge in [-0.25, -0.2) is 4.98 Å². The van der Waals surface area contributed by atoms with Crippen LogP contribution in [0.1, 0.15) is 17.0 Å². The second-order valence-corrected chi connectivity index (χ2v) is 5.43. The molecule has 6 nitrogen and oxygen atoms in total. The molecule has 4 rings (SSSR count). The highest BCUT2D eigenvalue weighted by atomic mass is 19.4. The molecule has 128 valence electrons. The third kappa shape index (κ3) is 3.08. The molecule has 2 N–H and O–H groups in total. The summed E-state index contributed by atoms with van der Waals surface area (Å²) in [5, 5.41) is 6.72. The van der Waals surface area contributed by atoms with Crippen LogP contribution >= 0.6 is 0 Å². The summed E-state index contributed by atoms with van der Waals surface area (Å²) >= 11 is 0. The van der Waals surface area contributed by atoms with E-state index in [2.05, 4.69) is 24.9 Å². The van der Waals surface area contributed by atoms with Gasteiger partial charge in [0.2, 0.25) is 0 Å². The first-order valence-corrected chi connectivity index (χ1v) is 7.36. The largest absolute Gasteiger partial charge is 0.573 e. The number of hydrogen-bond donors (Lipinski definition) is 2. The Labute approximate surface area is 140 Å². The van der Waals surface area contributed by atoms with Crippen LogP contribution in [0.25, 0.3) is 5.57 Å². The molecule has 1 aromatic carbocycles. The number of nitrogens with zero attached hydrogens (tertiary/aromatic N) is 3. The normalized spacial score (nSPS) is 14.2. The first-order valence-electron chi connectivity index (χ1n) is 7.36. The Morgan fingerprint density at radius 2 is 1.96 bits per heavy atom. The zero-order valence-corrected chi connectivity index (χ0v) is 12.7. The van der Waals surface area contributed by atoms with Gasteiger partial charge in [-0.05, 0) is 24.3 Å². The number of benzene rings is 1. The van der Waals surface area contributed by atoms with Crippen molar-refractivity contribution in [2.45, 2.75) is 12.9 Å². The number of nitrogens with one attached hydrogen (secondary N) is 2. The number of anilines is 1. The van der Waals surface area contributed by atoms with Gasteiger partial charge >= 0.3 is 6.36 Å². The van der Waals surface area contributed by atoms with Crippen molar-refractivity contribution in [3.8, 4) is 5.75 Å². The van der Waals surface area contributed by atoms with Gasteiger partial charge in [-0.1, -0.05) is 0 Å². The number of aromatic nitrogens is 4. The number of hydrogen-bond acceptors (Lipinski definition) is 4. The second-order valence-electron chi connectivity index (χ2n) is 5.43. The first-order chi connectivity index (χ1) is 12.0. The summed E-state index contributed by atoms with van der Waals surface area (Å²) < 4.78 is 40.7. The number of imidazole rings is 1. The summed E-state index contributed by atoms with van der Waals surface area (Å²) in [5.41, 5.74) is 4.21. The Kier molecular flexibility index (Phi) is 3.48. The van der Waals surface area contributed by atoms with E-state index < -0.39 is 6.36 Å². The lowest BCUT2D eigenvalue weighted by molar-refractivity contribution is -0.274. The third-order valence-corrected chi connectivity index (χ3v) is 3.80. The van der Waals surface area contributed by atoms with E-state index in [-0.39, 0.29) is 5.75 Å². The number of alkyl halides is 3. The van der Waals surface area contributed by atoms with Gasteiger partial charge in [-0.2, -0.15) is 5.10 Å². The average molecular weight is 347 g/mol. The quantitative estimate of drug-likeness (QED) is 0.761. The predicted octanol–water partition coefficient (Wildman–Crippen LogP) is 3.44. The van der Waals surface area contributed by atoms with E-state index in [0.29, 0.717) is 6.54 Å². The van der Waals surface area contributed by atoms with E-state index in [1.54, 1.807) is 30.9 Å². The highest BCUT2D eigenvalue weighted by Gasteiger charge is 2.31. The van der Waals surface area contributed by atoms with Crippen molar-refractivity contribution < 1.29 is 17.9 Å². The van der Waals surface area contributed by atoms with Crippen LogP contribution in [0, 0.1) is 0 Å². The molecule has 0 radical (unpaired) electrons. The first kappa shape index (κ1) is 15.3. The topological polar surface area (TPSA) is 69.8 Å². The minimum atomic E-state index is -4.70. The maximum atomic E-state index is 12.3. The molecular weight excluding hydrogens is 335 g/mol. The van der Waals surface area contributed by atoms with E-state index in [1.807, 2.05) is 11.1 Å². The van der Waals surface area contributed by atoms with E-state index in [4.69, 9.17) is 0 Å². The fourth-order valence-electron chi connectivity index (χ4n) is 2.72. The molecule has 3 aromatic rings. The summed E-state index contributed by atoms with van der Waals surface area (Å²) in [6, 6.07) is 5.73. The highest BCUT2D eigenvalue weighted by Crippen LogP contribution is 2.33. The monoisotopic (exact) mass is 347 g/mol. The Morgan fingerprint density at radius 3 is 2.64 bits per heavy atom. The number of ether oxygens (including phenoxy) is 1. The van der Waals surface area contributed by atoms with E-state index in [9.17, 15) is 13.2 Å². The van der Waals surface area contributed by atoms with Gasteiger partial charge in [0, 0.05) is 29.2 Å². The number of aromatic amines is 2. The van der Waals surface area contributed by atoms with Crippen LogP contribution in [0.5, 0.6) is 5.75 Å². The Morgan fingerprint density at radius 1 is 1.16 bits per heavy atom. The van der Waals surface area contributed by atoms with E-state index >= 15 is 0 Å². The van der Waals surface area contributed by atoms with Crippen LogP contribution in [0.2, 0.25) is 0 Å². The SMILES string of the molecule is FC(F)(F)Oc1ccc(N2C=C(c3cn[nH]c3)c3nc[nH]c3C2)cc1. The number of H-pyrrole nitrogens is 2. The molecule has 25 heavy (non-hydrogen) atoms. The molecule has 0 bridgehead atoms. The van der Waals surface area contributed by atoms with Crippen LogP contribution < -0.4 is 9.64 Å². The van der Waals surface area contributed by atoms with E-state index in [1.165, 1.54) is 12.1 Å². The predicted molar refractivity (Wildman–Crippen MR) is 83.6 cm³/mol. The van der Waals surface area contributed by atoms with Crippen molar-refractivity contribution in [1.82, 2.24) is 20.2 Å². The Bertz CT molecular complexity index is 897. The van der Waals surface area contributed by atoms with Gasteiger partial charge in [0.05, 0.1) is 30.5 Å². The highest BCUT2D eigenvalue weighted by molar-refractivity contribution is 5.82. The molecule has 1 aliphatic heterocycles. The lowest BCUT2D eigenvalue weighted by Crippen LogP contribution is -2.21. The van der Waals surface area contributed by atoms with Crippen molar-refractivity contribution in [3.63, 3.8) is 0 Å². The van der Waals surface area contributed by atoms with Gasteiger partial charge in [0.1, 0.15) is 5.75 Å². The molecule has 1 aliphatic rings. The third-order valence-electron chi connectivity index (χ3n) is 3.80. The minimum absolute atomic E-state index is 0.255. The molecule has 0 saturated heterocycles. The molecule has 0 atom stereocenters. The van der Waals surface area contributed by atoms with Crippen molar-refractivity contribution in [1.29, 1.82) is 0 Å². The van der Waals surface area contributed by atoms with Gasteiger partial charge < -0.3 is 14.6 Å². The summed E-state index contributed by atoms with van der Waals surface area (Å²) in [4.78, 5) is 9.35. The zero-order valence-electron chi connectivity index (χ0n) is 12.7. The standard InChI is InChI=1S/C16H12F3N5O/c17-16(18,19)25-12-3-1-11(2-4-12)24-7-13(10-5-22-23-6-10)15-14(8-24)20-9-21-15/h1-7,9H,8H2,(H,20,21)(H,22,23). The molecular formula is C16H12F3N5O. The fourth-order valence-corrected chi connectivity index (χ4v) is 2.72. The maximum Gasteiger partial charge on any atom is 0.573 e. The number of halogens is 3. The Hall–Kier alpha value is -3.23. The fraction of sp³-hybridized carbons (Fsp3) is 0.125. The molecule has 0 fully saturated rings. The number of fused-ring (bicyclic) bond motifs is 1. The van der Waals surface area contributed by atoms with Gasteiger partial charge in [0.25, 0.3) is 0 Å². The van der Waals surface area contributed by atoms with Crippen LogP contribution in [-0.4, -0.2) is 26.5 Å². The zero-order chi connectivity index (χ0) is 17.4. The van der Waals surface area contributed by atoms with Crippen LogP contribution in [0.15, 0.2) is 49.2 Å². The summed E-state index contributed by atoms with van der Waals surface area (Å²) in [6.45, 7) is 0.524. The maximum absolute atomic E-state index is 12.3. The lowest BCUT2D eigenvalue weighted by Gasteiger charge is -2.26. The summed E-state index contributed by atoms with van der Waals surface area (Å²) in [6.07, 6.45) is 2.25. The van der Waals surface area contributed by atoms with Gasteiger partial charge in [-0.15, -0.1) is 13.2 Å². The molecule has 0 saturated carbocycles. The molecule has 2 aromatic heterocycles. The van der Waals surface area contributed by atoms with Crippen LogP contribution in [0.3, 0.4) is 0 Å². The second kappa shape index (κ2) is 5.69. The van der Waals surface area contributed by atoms with Gasteiger partial charge in [-0.3, -0.25) is 5.10 Å². The Balaban J connectivity index is 1.66. The van der Waals surface area contributed by atoms with Crippen LogP contribution in [-0.2, 0) is 6.54 Å². The van der Waals surface area contributed by atoms with Crippen molar-refractivity contribution >= 4 is 11.3 Å². The van der Waals surface area contributed by atoms with Crippen molar-refractivity contribution in [2.75, 3.05) is 4.90 Å². The molecule has 3 heterocycles. The van der Waals surface area contributed by atoms with E-state index in [0.717, 1.165) is 28.2 Å². The minimum Gasteiger partial charge on any atom is -0.406 e. The number of rotatable bonds is 3. The van der Waals surface area contributed by atoms with Gasteiger partial charge in [0.15, 0.2) is 0 Å². The lowest BCUT2D eigenvalue weighted by atomic mass is 10.0. The molecule has 0 amide bonds. The van der Waals surface area contributed by atoms with Crippen LogP contribution in [0.4, 0.5) is 18.9 Å². The van der Waals surface area contributed by atoms with Crippen molar-refractivity contribution in [3.05, 3.63) is 66.1 Å². The molecule has 0 spiro atoms. The van der Waals surface area contributed by atoms with Crippen molar-refractivity contribution in [2.24, 2.45) is 0 Å².